The molecular formula is C31H38O2. The first kappa shape index (κ1) is 22.6. The SMILES string of the molecule is C=C(C)c1ccc([C@H]2C[C@]3(C)[C@@H](/C=C\CCO)CC[C@H]3[C@@H]3CCC4=CC(=O)CCC4=C32)cc1. The zero-order chi connectivity index (χ0) is 23.2. The van der Waals surface area contributed by atoms with E-state index in [1.54, 1.807) is 5.57 Å². The van der Waals surface area contributed by atoms with E-state index in [4.69, 9.17) is 0 Å². The van der Waals surface area contributed by atoms with Gasteiger partial charge in [0.1, 0.15) is 0 Å². The molecular weight excluding hydrogens is 404 g/mol. The Balaban J connectivity index is 1.60. The van der Waals surface area contributed by atoms with Gasteiger partial charge in [0.05, 0.1) is 0 Å². The average Bonchev–Trinajstić information content (AvgIpc) is 3.14. The molecule has 5 rings (SSSR count). The Hall–Kier alpha value is -2.19. The number of carbonyl (C=O) groups excluding carboxylic acids is 1. The topological polar surface area (TPSA) is 37.3 Å². The van der Waals surface area contributed by atoms with Crippen molar-refractivity contribution in [1.29, 1.82) is 0 Å². The van der Waals surface area contributed by atoms with Gasteiger partial charge in [0, 0.05) is 18.9 Å². The molecule has 4 aliphatic rings. The Morgan fingerprint density at radius 3 is 2.67 bits per heavy atom. The van der Waals surface area contributed by atoms with E-state index in [0.29, 0.717) is 35.9 Å². The van der Waals surface area contributed by atoms with Crippen molar-refractivity contribution in [3.63, 3.8) is 0 Å². The van der Waals surface area contributed by atoms with Gasteiger partial charge in [0.15, 0.2) is 5.78 Å². The lowest BCUT2D eigenvalue weighted by Crippen LogP contribution is -2.43. The number of fused-ring (bicyclic) bond motifs is 4. The highest BCUT2D eigenvalue weighted by Gasteiger charge is 2.55. The number of aliphatic hydroxyl groups is 1. The quantitative estimate of drug-likeness (QED) is 0.491. The standard InChI is InChI=1S/C31H38O2/c1-20(2)21-7-9-22(10-8-21)28-19-31(3)24(6-4-5-17-32)12-16-29(31)27-14-11-23-18-25(33)13-15-26(23)30(27)28/h4,6-10,18,24,27-29,32H,1,5,11-17,19H2,2-3H3/b6-4-/t24-,27-,28+,29-,31+/m0/s1. The maximum absolute atomic E-state index is 12.2. The van der Waals surface area contributed by atoms with Gasteiger partial charge in [0.25, 0.3) is 0 Å². The van der Waals surface area contributed by atoms with Crippen LogP contribution in [0.25, 0.3) is 5.57 Å². The average molecular weight is 443 g/mol. The van der Waals surface area contributed by atoms with Crippen LogP contribution in [0.3, 0.4) is 0 Å². The molecule has 0 radical (unpaired) electrons. The highest BCUT2D eigenvalue weighted by molar-refractivity contribution is 5.93. The first-order valence-corrected chi connectivity index (χ1v) is 12.9. The maximum Gasteiger partial charge on any atom is 0.156 e. The highest BCUT2D eigenvalue weighted by Crippen LogP contribution is 2.65. The third-order valence-corrected chi connectivity index (χ3v) is 9.27. The molecule has 0 spiro atoms. The van der Waals surface area contributed by atoms with Crippen LogP contribution in [0.1, 0.15) is 82.3 Å². The first-order chi connectivity index (χ1) is 15.9. The molecule has 1 N–H and O–H groups in total. The zero-order valence-electron chi connectivity index (χ0n) is 20.3. The van der Waals surface area contributed by atoms with E-state index < -0.39 is 0 Å². The van der Waals surface area contributed by atoms with Gasteiger partial charge in [-0.25, -0.2) is 0 Å². The number of hydrogen-bond acceptors (Lipinski definition) is 2. The van der Waals surface area contributed by atoms with E-state index in [0.717, 1.165) is 24.8 Å². The fourth-order valence-corrected chi connectivity index (χ4v) is 7.65. The van der Waals surface area contributed by atoms with Crippen LogP contribution in [-0.4, -0.2) is 17.5 Å². The summed E-state index contributed by atoms with van der Waals surface area (Å²) in [5, 5.41) is 9.28. The number of hydrogen-bond donors (Lipinski definition) is 1. The molecule has 2 heteroatoms. The van der Waals surface area contributed by atoms with Crippen LogP contribution in [0.4, 0.5) is 0 Å². The number of carbonyl (C=O) groups is 1. The molecule has 33 heavy (non-hydrogen) atoms. The molecule has 1 aromatic rings. The molecule has 174 valence electrons. The normalized spacial score (nSPS) is 33.5. The summed E-state index contributed by atoms with van der Waals surface area (Å²) in [4.78, 5) is 12.2. The van der Waals surface area contributed by atoms with E-state index >= 15 is 0 Å². The van der Waals surface area contributed by atoms with Crippen LogP contribution in [0, 0.1) is 23.2 Å². The van der Waals surface area contributed by atoms with E-state index in [2.05, 4.69) is 56.8 Å². The van der Waals surface area contributed by atoms with Crippen molar-refractivity contribution in [2.45, 2.75) is 71.1 Å². The summed E-state index contributed by atoms with van der Waals surface area (Å²) in [6, 6.07) is 9.15. The summed E-state index contributed by atoms with van der Waals surface area (Å²) in [5.74, 6) is 2.67. The Bertz CT molecular complexity index is 1040. The molecule has 0 bridgehead atoms. The van der Waals surface area contributed by atoms with Gasteiger partial charge in [-0.05, 0) is 103 Å². The lowest BCUT2D eigenvalue weighted by molar-refractivity contribution is -0.114. The number of ketones is 1. The van der Waals surface area contributed by atoms with Gasteiger partial charge in [-0.2, -0.15) is 0 Å². The highest BCUT2D eigenvalue weighted by atomic mass is 16.2. The summed E-state index contributed by atoms with van der Waals surface area (Å²) in [7, 11) is 0. The molecule has 2 fully saturated rings. The second-order valence-corrected chi connectivity index (χ2v) is 11.1. The lowest BCUT2D eigenvalue weighted by Gasteiger charge is -2.52. The van der Waals surface area contributed by atoms with Crippen molar-refractivity contribution in [3.8, 4) is 0 Å². The van der Waals surface area contributed by atoms with Crippen LogP contribution in [-0.2, 0) is 4.79 Å². The summed E-state index contributed by atoms with van der Waals surface area (Å²) in [6.07, 6.45) is 14.9. The van der Waals surface area contributed by atoms with Crippen molar-refractivity contribution in [1.82, 2.24) is 0 Å². The molecule has 0 saturated heterocycles. The van der Waals surface area contributed by atoms with E-state index in [1.165, 1.54) is 48.0 Å². The van der Waals surface area contributed by atoms with Crippen LogP contribution in [0.5, 0.6) is 0 Å². The lowest BCUT2D eigenvalue weighted by atomic mass is 9.52. The zero-order valence-corrected chi connectivity index (χ0v) is 20.3. The molecule has 0 aliphatic heterocycles. The molecule has 5 atom stereocenters. The van der Waals surface area contributed by atoms with Crippen molar-refractivity contribution in [2.75, 3.05) is 6.61 Å². The summed E-state index contributed by atoms with van der Waals surface area (Å²) < 4.78 is 0. The maximum atomic E-state index is 12.2. The van der Waals surface area contributed by atoms with Crippen LogP contribution in [0.15, 0.2) is 65.8 Å². The summed E-state index contributed by atoms with van der Waals surface area (Å²) in [6.45, 7) is 8.97. The Labute approximate surface area is 199 Å². The summed E-state index contributed by atoms with van der Waals surface area (Å²) >= 11 is 0. The minimum Gasteiger partial charge on any atom is -0.396 e. The number of aliphatic hydroxyl groups excluding tert-OH is 1. The van der Waals surface area contributed by atoms with Crippen molar-refractivity contribution < 1.29 is 9.90 Å². The van der Waals surface area contributed by atoms with Crippen LogP contribution >= 0.6 is 0 Å². The Kier molecular flexibility index (Phi) is 6.07. The third kappa shape index (κ3) is 3.91. The number of rotatable bonds is 5. The molecule has 1 aromatic carbocycles. The molecule has 4 aliphatic carbocycles. The molecule has 0 amide bonds. The fraction of sp³-hybridized carbons (Fsp3) is 0.516. The third-order valence-electron chi connectivity index (χ3n) is 9.27. The van der Waals surface area contributed by atoms with Crippen molar-refractivity contribution in [2.24, 2.45) is 23.2 Å². The molecule has 0 aromatic heterocycles. The predicted molar refractivity (Wildman–Crippen MR) is 136 cm³/mol. The minimum atomic E-state index is 0.230. The van der Waals surface area contributed by atoms with Gasteiger partial charge >= 0.3 is 0 Å². The Morgan fingerprint density at radius 1 is 1.15 bits per heavy atom. The van der Waals surface area contributed by atoms with Gasteiger partial charge in [0.2, 0.25) is 0 Å². The molecule has 0 heterocycles. The number of benzene rings is 1. The fourth-order valence-electron chi connectivity index (χ4n) is 7.65. The van der Waals surface area contributed by atoms with Crippen LogP contribution in [0.2, 0.25) is 0 Å². The van der Waals surface area contributed by atoms with Crippen LogP contribution < -0.4 is 0 Å². The van der Waals surface area contributed by atoms with Gasteiger partial charge < -0.3 is 5.11 Å². The van der Waals surface area contributed by atoms with E-state index in [9.17, 15) is 9.90 Å². The minimum absolute atomic E-state index is 0.230. The first-order valence-electron chi connectivity index (χ1n) is 12.9. The molecule has 2 saturated carbocycles. The van der Waals surface area contributed by atoms with Crippen molar-refractivity contribution in [3.05, 3.63) is 76.9 Å². The van der Waals surface area contributed by atoms with Gasteiger partial charge in [-0.3, -0.25) is 4.79 Å². The van der Waals surface area contributed by atoms with E-state index in [1.807, 2.05) is 6.08 Å². The molecule has 0 unspecified atom stereocenters. The van der Waals surface area contributed by atoms with E-state index in [-0.39, 0.29) is 12.0 Å². The molecule has 2 nitrogen and oxygen atoms in total. The monoisotopic (exact) mass is 442 g/mol. The summed E-state index contributed by atoms with van der Waals surface area (Å²) in [5.41, 5.74) is 8.56. The smallest absolute Gasteiger partial charge is 0.156 e. The predicted octanol–water partition coefficient (Wildman–Crippen LogP) is 7.17. The van der Waals surface area contributed by atoms with Gasteiger partial charge in [-0.15, -0.1) is 0 Å². The number of allylic oxidation sites excluding steroid dienone is 6. The van der Waals surface area contributed by atoms with Crippen molar-refractivity contribution >= 4 is 11.4 Å². The Morgan fingerprint density at radius 2 is 1.94 bits per heavy atom. The van der Waals surface area contributed by atoms with Gasteiger partial charge in [-0.1, -0.05) is 61.1 Å². The second kappa shape index (κ2) is 8.87. The second-order valence-electron chi connectivity index (χ2n) is 11.1. The largest absolute Gasteiger partial charge is 0.396 e.